The fourth-order valence-electron chi connectivity index (χ4n) is 4.77. The molecule has 4 heteroatoms. The van der Waals surface area contributed by atoms with Crippen LogP contribution < -0.4 is 11.1 Å². The van der Waals surface area contributed by atoms with E-state index in [1.807, 2.05) is 0 Å². The molecule has 140 valence electrons. The molecule has 2 atom stereocenters. The first kappa shape index (κ1) is 20.3. The maximum atomic E-state index is 12.9. The third kappa shape index (κ3) is 4.77. The lowest BCUT2D eigenvalue weighted by atomic mass is 9.65. The van der Waals surface area contributed by atoms with Gasteiger partial charge in [0.25, 0.3) is 0 Å². The number of amides is 1. The lowest BCUT2D eigenvalue weighted by molar-refractivity contribution is -0.129. The molecule has 3 rings (SSSR count). The number of nitrogens with one attached hydrogen (secondary N) is 1. The van der Waals surface area contributed by atoms with E-state index in [4.69, 9.17) is 5.73 Å². The van der Waals surface area contributed by atoms with Crippen LogP contribution in [0.3, 0.4) is 0 Å². The van der Waals surface area contributed by atoms with E-state index in [1.54, 1.807) is 0 Å². The highest BCUT2D eigenvalue weighted by Crippen LogP contribution is 2.42. The van der Waals surface area contributed by atoms with Gasteiger partial charge in [0, 0.05) is 17.5 Å². The summed E-state index contributed by atoms with van der Waals surface area (Å²) in [5, 5.41) is 3.33. The molecule has 2 saturated carbocycles. The van der Waals surface area contributed by atoms with Crippen molar-refractivity contribution in [2.24, 2.45) is 23.5 Å². The maximum Gasteiger partial charge on any atom is 0.223 e. The Morgan fingerprint density at radius 1 is 1.20 bits per heavy atom. The van der Waals surface area contributed by atoms with Gasteiger partial charge in [-0.3, -0.25) is 4.79 Å². The summed E-state index contributed by atoms with van der Waals surface area (Å²) in [5.41, 5.74) is 8.74. The van der Waals surface area contributed by atoms with E-state index < -0.39 is 0 Å². The van der Waals surface area contributed by atoms with Gasteiger partial charge in [-0.25, -0.2) is 0 Å². The van der Waals surface area contributed by atoms with Crippen LogP contribution in [0.25, 0.3) is 0 Å². The van der Waals surface area contributed by atoms with Crippen LogP contribution in [-0.2, 0) is 11.2 Å². The SMILES string of the molecule is Cc1ccccc1CC(C)(C)NC(=O)C1CC2CCCC(C1)C2N.Cl. The van der Waals surface area contributed by atoms with Crippen molar-refractivity contribution in [1.29, 1.82) is 0 Å². The molecular weight excluding hydrogens is 332 g/mol. The van der Waals surface area contributed by atoms with Crippen molar-refractivity contribution < 1.29 is 4.79 Å². The minimum atomic E-state index is -0.224. The fourth-order valence-corrected chi connectivity index (χ4v) is 4.77. The van der Waals surface area contributed by atoms with Gasteiger partial charge in [0.1, 0.15) is 0 Å². The summed E-state index contributed by atoms with van der Waals surface area (Å²) in [6.45, 7) is 6.40. The molecule has 0 radical (unpaired) electrons. The van der Waals surface area contributed by atoms with Gasteiger partial charge in [-0.15, -0.1) is 12.4 Å². The predicted molar refractivity (Wildman–Crippen MR) is 106 cm³/mol. The Bertz CT molecular complexity index is 587. The molecule has 0 aromatic heterocycles. The largest absolute Gasteiger partial charge is 0.351 e. The van der Waals surface area contributed by atoms with Crippen molar-refractivity contribution in [1.82, 2.24) is 5.32 Å². The van der Waals surface area contributed by atoms with E-state index in [1.165, 1.54) is 30.4 Å². The summed E-state index contributed by atoms with van der Waals surface area (Å²) in [7, 11) is 0. The third-order valence-corrected chi connectivity index (χ3v) is 6.14. The number of carbonyl (C=O) groups is 1. The molecule has 2 fully saturated rings. The zero-order chi connectivity index (χ0) is 17.3. The smallest absolute Gasteiger partial charge is 0.223 e. The number of hydrogen-bond acceptors (Lipinski definition) is 2. The van der Waals surface area contributed by atoms with Gasteiger partial charge in [0.15, 0.2) is 0 Å². The van der Waals surface area contributed by atoms with Crippen molar-refractivity contribution in [3.8, 4) is 0 Å². The quantitative estimate of drug-likeness (QED) is 0.848. The number of rotatable bonds is 4. The zero-order valence-corrected chi connectivity index (χ0v) is 16.6. The molecule has 0 spiro atoms. The van der Waals surface area contributed by atoms with Crippen LogP contribution in [0.15, 0.2) is 24.3 Å². The Morgan fingerprint density at radius 3 is 2.40 bits per heavy atom. The number of nitrogens with two attached hydrogens (primary N) is 1. The first-order valence-corrected chi connectivity index (χ1v) is 9.48. The van der Waals surface area contributed by atoms with Crippen LogP contribution in [0.1, 0.15) is 57.1 Å². The summed E-state index contributed by atoms with van der Waals surface area (Å²) in [6.07, 6.45) is 6.51. The normalized spacial score (nSPS) is 28.8. The van der Waals surface area contributed by atoms with Crippen molar-refractivity contribution in [2.75, 3.05) is 0 Å². The molecule has 1 aromatic carbocycles. The molecule has 2 aliphatic rings. The van der Waals surface area contributed by atoms with Crippen LogP contribution >= 0.6 is 12.4 Å². The van der Waals surface area contributed by atoms with Gasteiger partial charge >= 0.3 is 0 Å². The van der Waals surface area contributed by atoms with Crippen LogP contribution in [0.5, 0.6) is 0 Å². The van der Waals surface area contributed by atoms with Crippen molar-refractivity contribution in [3.05, 3.63) is 35.4 Å². The minimum absolute atomic E-state index is 0. The predicted octanol–water partition coefficient (Wildman–Crippen LogP) is 4.01. The molecule has 1 aromatic rings. The lowest BCUT2D eigenvalue weighted by Gasteiger charge is -2.44. The van der Waals surface area contributed by atoms with E-state index in [0.717, 1.165) is 19.3 Å². The molecule has 0 saturated heterocycles. The number of carbonyl (C=O) groups excluding carboxylic acids is 1. The average Bonchev–Trinajstić information content (AvgIpc) is 2.48. The second-order valence-corrected chi connectivity index (χ2v) is 8.67. The fraction of sp³-hybridized carbons (Fsp3) is 0.667. The highest BCUT2D eigenvalue weighted by atomic mass is 35.5. The molecule has 2 aliphatic carbocycles. The third-order valence-electron chi connectivity index (χ3n) is 6.14. The zero-order valence-electron chi connectivity index (χ0n) is 15.8. The Balaban J connectivity index is 0.00000225. The molecule has 0 heterocycles. The number of benzene rings is 1. The number of aryl methyl sites for hydroxylation is 1. The standard InChI is InChI=1S/C21H32N2O.ClH/c1-14-7-4-5-8-17(14)13-21(2,3)23-20(24)18-11-15-9-6-10-16(12-18)19(15)22;/h4-5,7-8,15-16,18-19H,6,9-13,22H2,1-3H3,(H,23,24);1H. The second kappa shape index (κ2) is 8.09. The second-order valence-electron chi connectivity index (χ2n) is 8.67. The Hall–Kier alpha value is -1.06. The molecule has 3 nitrogen and oxygen atoms in total. The molecule has 1 amide bonds. The first-order chi connectivity index (χ1) is 11.4. The van der Waals surface area contributed by atoms with Crippen LogP contribution in [0.4, 0.5) is 0 Å². The first-order valence-electron chi connectivity index (χ1n) is 9.48. The summed E-state index contributed by atoms with van der Waals surface area (Å²) in [6, 6.07) is 8.76. The molecule has 2 unspecified atom stereocenters. The van der Waals surface area contributed by atoms with E-state index in [9.17, 15) is 4.79 Å². The monoisotopic (exact) mass is 364 g/mol. The molecular formula is C21H33ClN2O. The highest BCUT2D eigenvalue weighted by Gasteiger charge is 2.41. The number of hydrogen-bond donors (Lipinski definition) is 2. The van der Waals surface area contributed by atoms with Crippen LogP contribution in [-0.4, -0.2) is 17.5 Å². The Kier molecular flexibility index (Phi) is 6.56. The van der Waals surface area contributed by atoms with Crippen molar-refractivity contribution >= 4 is 18.3 Å². The number of halogens is 1. The van der Waals surface area contributed by atoms with Gasteiger partial charge in [0.05, 0.1) is 0 Å². The topological polar surface area (TPSA) is 55.1 Å². The Labute approximate surface area is 158 Å². The van der Waals surface area contributed by atoms with E-state index in [0.29, 0.717) is 17.9 Å². The molecule has 0 aliphatic heterocycles. The van der Waals surface area contributed by atoms with E-state index in [2.05, 4.69) is 50.4 Å². The minimum Gasteiger partial charge on any atom is -0.351 e. The van der Waals surface area contributed by atoms with Crippen molar-refractivity contribution in [2.45, 2.75) is 70.9 Å². The maximum absolute atomic E-state index is 12.9. The lowest BCUT2D eigenvalue weighted by Crippen LogP contribution is -2.52. The molecule has 25 heavy (non-hydrogen) atoms. The van der Waals surface area contributed by atoms with E-state index >= 15 is 0 Å². The van der Waals surface area contributed by atoms with Crippen LogP contribution in [0, 0.1) is 24.7 Å². The van der Waals surface area contributed by atoms with Gasteiger partial charge in [0.2, 0.25) is 5.91 Å². The summed E-state index contributed by atoms with van der Waals surface area (Å²) in [4.78, 5) is 12.9. The van der Waals surface area contributed by atoms with Gasteiger partial charge < -0.3 is 11.1 Å². The highest BCUT2D eigenvalue weighted by molar-refractivity contribution is 5.85. The average molecular weight is 365 g/mol. The van der Waals surface area contributed by atoms with Gasteiger partial charge in [-0.1, -0.05) is 30.7 Å². The number of fused-ring (bicyclic) bond motifs is 2. The summed E-state index contributed by atoms with van der Waals surface area (Å²) < 4.78 is 0. The van der Waals surface area contributed by atoms with Gasteiger partial charge in [-0.05, 0) is 75.8 Å². The van der Waals surface area contributed by atoms with Crippen LogP contribution in [0.2, 0.25) is 0 Å². The van der Waals surface area contributed by atoms with E-state index in [-0.39, 0.29) is 29.8 Å². The summed E-state index contributed by atoms with van der Waals surface area (Å²) >= 11 is 0. The molecule has 3 N–H and O–H groups in total. The van der Waals surface area contributed by atoms with Gasteiger partial charge in [-0.2, -0.15) is 0 Å². The van der Waals surface area contributed by atoms with Crippen molar-refractivity contribution in [3.63, 3.8) is 0 Å². The molecule has 2 bridgehead atoms. The Morgan fingerprint density at radius 2 is 1.80 bits per heavy atom. The summed E-state index contributed by atoms with van der Waals surface area (Å²) in [5.74, 6) is 1.48.